The first-order chi connectivity index (χ1) is 6.34. The topological polar surface area (TPSA) is 40.6 Å². The van der Waals surface area contributed by atoms with Crippen LogP contribution in [0.3, 0.4) is 0 Å². The first kappa shape index (κ1) is 11.9. The summed E-state index contributed by atoms with van der Waals surface area (Å²) in [5.74, 6) is 0.169. The number of nitrogens with zero attached hydrogens (tertiary/aromatic N) is 2. The number of hydrogen-bond donors (Lipinski definition) is 0. The zero-order chi connectivity index (χ0) is 10.9. The highest BCUT2D eigenvalue weighted by Gasteiger charge is 2.32. The van der Waals surface area contributed by atoms with Gasteiger partial charge in [-0.25, -0.2) is 8.42 Å². The van der Waals surface area contributed by atoms with Crippen molar-refractivity contribution in [1.82, 2.24) is 9.21 Å². The summed E-state index contributed by atoms with van der Waals surface area (Å²) in [6.07, 6.45) is 0. The van der Waals surface area contributed by atoms with Gasteiger partial charge in [0.05, 0.1) is 0 Å². The fourth-order valence-electron chi connectivity index (χ4n) is 1.70. The molecule has 1 fully saturated rings. The van der Waals surface area contributed by atoms with Gasteiger partial charge in [-0.05, 0) is 27.7 Å². The quantitative estimate of drug-likeness (QED) is 0.688. The third-order valence-electron chi connectivity index (χ3n) is 2.60. The van der Waals surface area contributed by atoms with E-state index in [1.807, 2.05) is 32.6 Å². The molecule has 14 heavy (non-hydrogen) atoms. The average Bonchev–Trinajstić information content (AvgIpc) is 2.01. The number of rotatable bonds is 2. The Kier molecular flexibility index (Phi) is 3.55. The van der Waals surface area contributed by atoms with E-state index in [2.05, 4.69) is 0 Å². The van der Waals surface area contributed by atoms with Crippen LogP contribution in [0.1, 0.15) is 27.7 Å². The molecule has 1 rings (SSSR count). The molecular weight excluding hydrogens is 200 g/mol. The Morgan fingerprint density at radius 2 is 1.57 bits per heavy atom. The molecule has 0 unspecified atom stereocenters. The molecule has 0 saturated carbocycles. The second kappa shape index (κ2) is 4.16. The molecule has 4 nitrogen and oxygen atoms in total. The second-order valence-corrected chi connectivity index (χ2v) is 6.24. The summed E-state index contributed by atoms with van der Waals surface area (Å²) in [6, 6.07) is 0.383. The first-order valence-corrected chi connectivity index (χ1v) is 6.69. The summed E-state index contributed by atoms with van der Waals surface area (Å²) in [7, 11) is -3.06. The van der Waals surface area contributed by atoms with Crippen molar-refractivity contribution in [3.63, 3.8) is 0 Å². The van der Waals surface area contributed by atoms with Crippen LogP contribution < -0.4 is 0 Å². The summed E-state index contributed by atoms with van der Waals surface area (Å²) in [6.45, 7) is 9.36. The SMILES string of the molecule is CC(C)N1CCN(C(C)C)S(=O)(=O)C1. The molecule has 0 aliphatic carbocycles. The van der Waals surface area contributed by atoms with Gasteiger partial charge in [0, 0.05) is 25.2 Å². The molecule has 0 bridgehead atoms. The molecule has 0 amide bonds. The highest BCUT2D eigenvalue weighted by atomic mass is 32.2. The summed E-state index contributed by atoms with van der Waals surface area (Å²) in [4.78, 5) is 1.99. The molecule has 0 radical (unpaired) electrons. The van der Waals surface area contributed by atoms with Crippen LogP contribution in [0.5, 0.6) is 0 Å². The predicted molar refractivity (Wildman–Crippen MR) is 57.5 cm³/mol. The van der Waals surface area contributed by atoms with Crippen molar-refractivity contribution in [3.05, 3.63) is 0 Å². The second-order valence-electron chi connectivity index (χ2n) is 4.35. The number of hydrogen-bond acceptors (Lipinski definition) is 3. The molecule has 0 atom stereocenters. The summed E-state index contributed by atoms with van der Waals surface area (Å²) in [5, 5.41) is 0. The van der Waals surface area contributed by atoms with Gasteiger partial charge < -0.3 is 0 Å². The number of sulfonamides is 1. The standard InChI is InChI=1S/C9H20N2O2S/c1-8(2)10-5-6-11(9(3)4)14(12,13)7-10/h8-9H,5-7H2,1-4H3. The van der Waals surface area contributed by atoms with Gasteiger partial charge in [-0.3, -0.25) is 4.90 Å². The van der Waals surface area contributed by atoms with E-state index in [-0.39, 0.29) is 11.9 Å². The monoisotopic (exact) mass is 220 g/mol. The van der Waals surface area contributed by atoms with Gasteiger partial charge >= 0.3 is 0 Å². The van der Waals surface area contributed by atoms with Crippen LogP contribution in [0.15, 0.2) is 0 Å². The van der Waals surface area contributed by atoms with Crippen LogP contribution in [-0.4, -0.2) is 48.7 Å². The van der Waals surface area contributed by atoms with E-state index < -0.39 is 10.0 Å². The molecule has 0 N–H and O–H groups in total. The molecule has 0 aromatic heterocycles. The van der Waals surface area contributed by atoms with Crippen LogP contribution in [-0.2, 0) is 10.0 Å². The predicted octanol–water partition coefficient (Wildman–Crippen LogP) is 0.708. The summed E-state index contributed by atoms with van der Waals surface area (Å²) in [5.41, 5.74) is 0. The van der Waals surface area contributed by atoms with Crippen LogP contribution in [0, 0.1) is 0 Å². The summed E-state index contributed by atoms with van der Waals surface area (Å²) >= 11 is 0. The van der Waals surface area contributed by atoms with Crippen LogP contribution in [0.4, 0.5) is 0 Å². The largest absolute Gasteiger partial charge is 0.285 e. The lowest BCUT2D eigenvalue weighted by Gasteiger charge is -2.37. The van der Waals surface area contributed by atoms with E-state index in [4.69, 9.17) is 0 Å². The zero-order valence-electron chi connectivity index (χ0n) is 9.40. The molecule has 1 aliphatic rings. The Morgan fingerprint density at radius 3 is 1.93 bits per heavy atom. The third kappa shape index (κ3) is 2.46. The molecule has 1 saturated heterocycles. The van der Waals surface area contributed by atoms with E-state index in [1.165, 1.54) is 0 Å². The highest BCUT2D eigenvalue weighted by Crippen LogP contribution is 2.16. The minimum atomic E-state index is -3.06. The van der Waals surface area contributed by atoms with Gasteiger partial charge in [0.15, 0.2) is 0 Å². The lowest BCUT2D eigenvalue weighted by molar-refractivity contribution is 0.193. The fourth-order valence-corrected chi connectivity index (χ4v) is 3.70. The van der Waals surface area contributed by atoms with Crippen molar-refractivity contribution in [3.8, 4) is 0 Å². The molecule has 84 valence electrons. The Morgan fingerprint density at radius 1 is 1.00 bits per heavy atom. The van der Waals surface area contributed by atoms with Crippen LogP contribution in [0.25, 0.3) is 0 Å². The van der Waals surface area contributed by atoms with Crippen molar-refractivity contribution in [2.45, 2.75) is 39.8 Å². The van der Waals surface area contributed by atoms with Gasteiger partial charge in [-0.15, -0.1) is 0 Å². The maximum atomic E-state index is 11.8. The smallest absolute Gasteiger partial charge is 0.227 e. The van der Waals surface area contributed by atoms with E-state index in [0.29, 0.717) is 12.6 Å². The van der Waals surface area contributed by atoms with Crippen molar-refractivity contribution < 1.29 is 8.42 Å². The highest BCUT2D eigenvalue weighted by molar-refractivity contribution is 7.89. The Bertz CT molecular complexity index is 285. The Balaban J connectivity index is 2.76. The average molecular weight is 220 g/mol. The Labute approximate surface area is 86.9 Å². The van der Waals surface area contributed by atoms with Crippen molar-refractivity contribution in [2.75, 3.05) is 19.0 Å². The fraction of sp³-hybridized carbons (Fsp3) is 1.00. The molecule has 0 spiro atoms. The van der Waals surface area contributed by atoms with Gasteiger partial charge in [-0.1, -0.05) is 0 Å². The van der Waals surface area contributed by atoms with Gasteiger partial charge in [0.1, 0.15) is 5.88 Å². The van der Waals surface area contributed by atoms with Crippen LogP contribution >= 0.6 is 0 Å². The molecule has 0 aromatic rings. The van der Waals surface area contributed by atoms with Gasteiger partial charge in [-0.2, -0.15) is 4.31 Å². The third-order valence-corrected chi connectivity index (χ3v) is 4.58. The van der Waals surface area contributed by atoms with Crippen molar-refractivity contribution in [2.24, 2.45) is 0 Å². The van der Waals surface area contributed by atoms with E-state index >= 15 is 0 Å². The van der Waals surface area contributed by atoms with Crippen molar-refractivity contribution in [1.29, 1.82) is 0 Å². The Hall–Kier alpha value is -0.130. The van der Waals surface area contributed by atoms with E-state index in [1.54, 1.807) is 4.31 Å². The summed E-state index contributed by atoms with van der Waals surface area (Å²) < 4.78 is 25.2. The lowest BCUT2D eigenvalue weighted by atomic mass is 10.3. The molecule has 5 heteroatoms. The lowest BCUT2D eigenvalue weighted by Crippen LogP contribution is -2.53. The van der Waals surface area contributed by atoms with Crippen LogP contribution in [0.2, 0.25) is 0 Å². The van der Waals surface area contributed by atoms with Gasteiger partial charge in [0.25, 0.3) is 0 Å². The van der Waals surface area contributed by atoms with Crippen molar-refractivity contribution >= 4 is 10.0 Å². The molecule has 0 aromatic carbocycles. The minimum absolute atomic E-state index is 0.0781. The molecule has 1 heterocycles. The van der Waals surface area contributed by atoms with Gasteiger partial charge in [0.2, 0.25) is 10.0 Å². The first-order valence-electron chi connectivity index (χ1n) is 5.08. The maximum Gasteiger partial charge on any atom is 0.227 e. The molecule has 1 aliphatic heterocycles. The normalized spacial score (nSPS) is 24.7. The minimum Gasteiger partial charge on any atom is -0.285 e. The van der Waals surface area contributed by atoms with E-state index in [9.17, 15) is 8.42 Å². The van der Waals surface area contributed by atoms with E-state index in [0.717, 1.165) is 6.54 Å². The zero-order valence-corrected chi connectivity index (χ0v) is 10.2. The molecular formula is C9H20N2O2S. The maximum absolute atomic E-state index is 11.8.